The number of hydrogen-bond donors (Lipinski definition) is 2. The molecule has 1 aromatic heterocycles. The summed E-state index contributed by atoms with van der Waals surface area (Å²) < 4.78 is 26.9. The molecule has 0 aliphatic carbocycles. The van der Waals surface area contributed by atoms with E-state index in [2.05, 4.69) is 26.8 Å². The van der Waals surface area contributed by atoms with E-state index in [4.69, 9.17) is 5.11 Å². The molecule has 0 unspecified atom stereocenters. The Bertz CT molecular complexity index is 749. The first-order valence-electron chi connectivity index (χ1n) is 5.63. The average molecular weight is 289 g/mol. The summed E-state index contributed by atoms with van der Waals surface area (Å²) in [4.78, 5) is 0.0200. The van der Waals surface area contributed by atoms with E-state index in [1.165, 1.54) is 18.3 Å². The summed E-state index contributed by atoms with van der Waals surface area (Å²) in [6.45, 7) is -0.341. The van der Waals surface area contributed by atoms with E-state index in [1.807, 2.05) is 0 Å². The smallest absolute Gasteiger partial charge is 0.264 e. The number of nitrogens with one attached hydrogen (secondary N) is 1. The highest BCUT2D eigenvalue weighted by atomic mass is 32.2. The molecule has 2 rings (SSSR count). The second kappa shape index (κ2) is 6.14. The molecule has 0 saturated heterocycles. The molecule has 0 aliphatic heterocycles. The fourth-order valence-electron chi connectivity index (χ4n) is 1.49. The minimum atomic E-state index is -3.81. The number of nitrogens with zero attached hydrogens (tertiary/aromatic N) is 2. The SMILES string of the molecule is O=S(=O)(Nc1cccnn1)c1ccccc1C#CCO. The largest absolute Gasteiger partial charge is 0.384 e. The van der Waals surface area contributed by atoms with Gasteiger partial charge < -0.3 is 5.11 Å². The van der Waals surface area contributed by atoms with Gasteiger partial charge >= 0.3 is 0 Å². The van der Waals surface area contributed by atoms with Gasteiger partial charge in [-0.05, 0) is 24.3 Å². The van der Waals surface area contributed by atoms with Crippen LogP contribution in [0.4, 0.5) is 5.82 Å². The Kier molecular flexibility index (Phi) is 4.30. The van der Waals surface area contributed by atoms with E-state index < -0.39 is 10.0 Å². The van der Waals surface area contributed by atoms with Gasteiger partial charge in [0.25, 0.3) is 10.0 Å². The van der Waals surface area contributed by atoms with Gasteiger partial charge in [-0.25, -0.2) is 8.42 Å². The van der Waals surface area contributed by atoms with Gasteiger partial charge in [0.2, 0.25) is 0 Å². The zero-order valence-electron chi connectivity index (χ0n) is 10.3. The lowest BCUT2D eigenvalue weighted by atomic mass is 10.2. The molecule has 0 spiro atoms. The van der Waals surface area contributed by atoms with Gasteiger partial charge in [-0.2, -0.15) is 5.10 Å². The van der Waals surface area contributed by atoms with Crippen LogP contribution >= 0.6 is 0 Å². The molecule has 0 fully saturated rings. The van der Waals surface area contributed by atoms with Crippen LogP contribution < -0.4 is 4.72 Å². The van der Waals surface area contributed by atoms with Gasteiger partial charge in [-0.3, -0.25) is 4.72 Å². The van der Waals surface area contributed by atoms with Crippen molar-refractivity contribution < 1.29 is 13.5 Å². The number of sulfonamides is 1. The molecule has 2 aromatic rings. The van der Waals surface area contributed by atoms with Crippen LogP contribution in [-0.4, -0.2) is 30.3 Å². The molecular formula is C13H11N3O3S. The molecule has 1 aromatic carbocycles. The summed E-state index contributed by atoms with van der Waals surface area (Å²) in [6.07, 6.45) is 1.44. The first-order chi connectivity index (χ1) is 9.63. The van der Waals surface area contributed by atoms with Crippen molar-refractivity contribution in [2.75, 3.05) is 11.3 Å². The Morgan fingerprint density at radius 1 is 1.20 bits per heavy atom. The van der Waals surface area contributed by atoms with E-state index in [-0.39, 0.29) is 17.3 Å². The predicted octanol–water partition coefficient (Wildman–Crippen LogP) is 0.621. The highest BCUT2D eigenvalue weighted by Crippen LogP contribution is 2.17. The lowest BCUT2D eigenvalue weighted by molar-refractivity contribution is 0.350. The summed E-state index contributed by atoms with van der Waals surface area (Å²) in [5, 5.41) is 16.0. The number of aromatic nitrogens is 2. The number of benzene rings is 1. The molecule has 7 heteroatoms. The quantitative estimate of drug-likeness (QED) is 0.808. The van der Waals surface area contributed by atoms with Crippen molar-refractivity contribution in [3.8, 4) is 11.8 Å². The minimum absolute atomic E-state index is 0.0200. The van der Waals surface area contributed by atoms with Crippen LogP contribution in [0, 0.1) is 11.8 Å². The second-order valence-corrected chi connectivity index (χ2v) is 5.32. The molecule has 102 valence electrons. The highest BCUT2D eigenvalue weighted by Gasteiger charge is 2.18. The maximum absolute atomic E-state index is 12.3. The Labute approximate surface area is 116 Å². The number of hydrogen-bond acceptors (Lipinski definition) is 5. The van der Waals surface area contributed by atoms with Gasteiger partial charge in [0.05, 0.1) is 0 Å². The first kappa shape index (κ1) is 14.0. The van der Waals surface area contributed by atoms with Crippen molar-refractivity contribution >= 4 is 15.8 Å². The zero-order chi connectivity index (χ0) is 14.4. The topological polar surface area (TPSA) is 92.2 Å². The summed E-state index contributed by atoms with van der Waals surface area (Å²) in [5.41, 5.74) is 0.304. The third-order valence-corrected chi connectivity index (χ3v) is 3.70. The molecule has 0 saturated carbocycles. The van der Waals surface area contributed by atoms with E-state index in [0.29, 0.717) is 5.56 Å². The lowest BCUT2D eigenvalue weighted by Gasteiger charge is -2.08. The van der Waals surface area contributed by atoms with Crippen LogP contribution in [-0.2, 0) is 10.0 Å². The maximum atomic E-state index is 12.3. The zero-order valence-corrected chi connectivity index (χ0v) is 11.1. The Hall–Kier alpha value is -2.43. The summed E-state index contributed by atoms with van der Waals surface area (Å²) in [7, 11) is -3.81. The fourth-order valence-corrected chi connectivity index (χ4v) is 2.65. The molecule has 0 atom stereocenters. The Morgan fingerprint density at radius 3 is 2.70 bits per heavy atom. The van der Waals surface area contributed by atoms with Crippen LogP contribution in [0.5, 0.6) is 0 Å². The summed E-state index contributed by atoms with van der Waals surface area (Å²) in [5.74, 6) is 5.15. The normalized spacial score (nSPS) is 10.4. The molecular weight excluding hydrogens is 278 g/mol. The fraction of sp³-hybridized carbons (Fsp3) is 0.0769. The van der Waals surface area contributed by atoms with Crippen molar-refractivity contribution in [1.29, 1.82) is 0 Å². The van der Waals surface area contributed by atoms with Crippen molar-refractivity contribution in [2.24, 2.45) is 0 Å². The van der Waals surface area contributed by atoms with E-state index in [9.17, 15) is 8.42 Å². The van der Waals surface area contributed by atoms with Crippen molar-refractivity contribution in [3.63, 3.8) is 0 Å². The van der Waals surface area contributed by atoms with E-state index in [0.717, 1.165) is 0 Å². The van der Waals surface area contributed by atoms with E-state index >= 15 is 0 Å². The van der Waals surface area contributed by atoms with Crippen LogP contribution in [0.1, 0.15) is 5.56 Å². The standard InChI is InChI=1S/C13H11N3O3S/c17-10-4-6-11-5-1-2-7-12(11)20(18,19)16-13-8-3-9-14-15-13/h1-3,5,7-9,17H,10H2,(H,15,16). The van der Waals surface area contributed by atoms with E-state index in [1.54, 1.807) is 24.3 Å². The third kappa shape index (κ3) is 3.32. The Balaban J connectivity index is 2.40. The van der Waals surface area contributed by atoms with Crippen LogP contribution in [0.25, 0.3) is 0 Å². The lowest BCUT2D eigenvalue weighted by Crippen LogP contribution is -2.15. The predicted molar refractivity (Wildman–Crippen MR) is 73.2 cm³/mol. The monoisotopic (exact) mass is 289 g/mol. The molecule has 0 aliphatic rings. The molecule has 0 amide bonds. The van der Waals surface area contributed by atoms with Crippen molar-refractivity contribution in [3.05, 3.63) is 48.2 Å². The molecule has 0 bridgehead atoms. The summed E-state index contributed by atoms with van der Waals surface area (Å²) in [6, 6.07) is 9.32. The van der Waals surface area contributed by atoms with Gasteiger partial charge in [0.1, 0.15) is 11.5 Å². The van der Waals surface area contributed by atoms with Crippen molar-refractivity contribution in [2.45, 2.75) is 4.90 Å². The second-order valence-electron chi connectivity index (χ2n) is 3.67. The molecule has 20 heavy (non-hydrogen) atoms. The molecule has 0 radical (unpaired) electrons. The molecule has 6 nitrogen and oxygen atoms in total. The summed E-state index contributed by atoms with van der Waals surface area (Å²) >= 11 is 0. The van der Waals surface area contributed by atoms with Crippen LogP contribution in [0.15, 0.2) is 47.5 Å². The maximum Gasteiger partial charge on any atom is 0.264 e. The third-order valence-electron chi connectivity index (χ3n) is 2.29. The van der Waals surface area contributed by atoms with Gasteiger partial charge in [0, 0.05) is 11.8 Å². The molecule has 1 heterocycles. The van der Waals surface area contributed by atoms with Crippen molar-refractivity contribution in [1.82, 2.24) is 10.2 Å². The first-order valence-corrected chi connectivity index (χ1v) is 7.11. The van der Waals surface area contributed by atoms with Crippen LogP contribution in [0.2, 0.25) is 0 Å². The number of anilines is 1. The van der Waals surface area contributed by atoms with Gasteiger partial charge in [-0.15, -0.1) is 5.10 Å². The average Bonchev–Trinajstić information content (AvgIpc) is 2.46. The highest BCUT2D eigenvalue weighted by molar-refractivity contribution is 7.92. The minimum Gasteiger partial charge on any atom is -0.384 e. The number of aliphatic hydroxyl groups excluding tert-OH is 1. The van der Waals surface area contributed by atoms with Gasteiger partial charge in [0.15, 0.2) is 5.82 Å². The number of aliphatic hydroxyl groups is 1. The number of rotatable bonds is 3. The van der Waals surface area contributed by atoms with Gasteiger partial charge in [-0.1, -0.05) is 24.0 Å². The van der Waals surface area contributed by atoms with Crippen LogP contribution in [0.3, 0.4) is 0 Å². The molecule has 2 N–H and O–H groups in total. The Morgan fingerprint density at radius 2 is 2.00 bits per heavy atom.